The van der Waals surface area contributed by atoms with Gasteiger partial charge < -0.3 is 9.47 Å². The predicted molar refractivity (Wildman–Crippen MR) is 65.8 cm³/mol. The SMILES string of the molecule is CCOC(=O)CCC(=O)c1ccc2c(c1)CCO2. The number of rotatable bonds is 5. The minimum absolute atomic E-state index is 0.0299. The molecule has 0 saturated heterocycles. The van der Waals surface area contributed by atoms with Crippen molar-refractivity contribution in [3.05, 3.63) is 29.3 Å². The van der Waals surface area contributed by atoms with E-state index >= 15 is 0 Å². The lowest BCUT2D eigenvalue weighted by atomic mass is 10.0. The lowest BCUT2D eigenvalue weighted by Crippen LogP contribution is -2.08. The first-order valence-corrected chi connectivity index (χ1v) is 6.15. The van der Waals surface area contributed by atoms with Gasteiger partial charge >= 0.3 is 5.97 Å². The molecule has 0 amide bonds. The third-order valence-corrected chi connectivity index (χ3v) is 2.87. The maximum absolute atomic E-state index is 11.9. The van der Waals surface area contributed by atoms with E-state index in [4.69, 9.17) is 9.47 Å². The summed E-state index contributed by atoms with van der Waals surface area (Å²) in [7, 11) is 0. The molecule has 0 fully saturated rings. The topological polar surface area (TPSA) is 52.6 Å². The quantitative estimate of drug-likeness (QED) is 0.592. The van der Waals surface area contributed by atoms with Crippen LogP contribution in [0.1, 0.15) is 35.7 Å². The molecule has 0 N–H and O–H groups in total. The maximum atomic E-state index is 11.9. The van der Waals surface area contributed by atoms with Crippen molar-refractivity contribution in [3.8, 4) is 5.75 Å². The molecule has 4 nitrogen and oxygen atoms in total. The highest BCUT2D eigenvalue weighted by molar-refractivity contribution is 5.97. The molecule has 0 unspecified atom stereocenters. The highest BCUT2D eigenvalue weighted by Gasteiger charge is 2.15. The highest BCUT2D eigenvalue weighted by Crippen LogP contribution is 2.26. The number of esters is 1. The first-order chi connectivity index (χ1) is 8.70. The molecule has 0 radical (unpaired) electrons. The van der Waals surface area contributed by atoms with Crippen LogP contribution in [-0.4, -0.2) is 25.0 Å². The Kier molecular flexibility index (Phi) is 3.97. The van der Waals surface area contributed by atoms with Crippen LogP contribution in [0.2, 0.25) is 0 Å². The predicted octanol–water partition coefficient (Wildman–Crippen LogP) is 2.15. The minimum atomic E-state index is -0.324. The largest absolute Gasteiger partial charge is 0.493 e. The summed E-state index contributed by atoms with van der Waals surface area (Å²) in [5.41, 5.74) is 1.71. The second-order valence-electron chi connectivity index (χ2n) is 4.15. The van der Waals surface area contributed by atoms with Crippen molar-refractivity contribution in [3.63, 3.8) is 0 Å². The van der Waals surface area contributed by atoms with E-state index in [-0.39, 0.29) is 24.6 Å². The van der Waals surface area contributed by atoms with Gasteiger partial charge in [0.05, 0.1) is 19.6 Å². The van der Waals surface area contributed by atoms with Crippen molar-refractivity contribution in [2.75, 3.05) is 13.2 Å². The van der Waals surface area contributed by atoms with E-state index < -0.39 is 0 Å². The molecule has 18 heavy (non-hydrogen) atoms. The fourth-order valence-corrected chi connectivity index (χ4v) is 1.95. The van der Waals surface area contributed by atoms with Gasteiger partial charge in [-0.2, -0.15) is 0 Å². The summed E-state index contributed by atoms with van der Waals surface area (Å²) in [6, 6.07) is 5.42. The second kappa shape index (κ2) is 5.67. The van der Waals surface area contributed by atoms with Gasteiger partial charge in [-0.1, -0.05) is 0 Å². The van der Waals surface area contributed by atoms with E-state index in [1.54, 1.807) is 13.0 Å². The number of Topliss-reactive ketones (excluding diaryl/α,β-unsaturated/α-hetero) is 1. The summed E-state index contributed by atoms with van der Waals surface area (Å²) in [5, 5.41) is 0. The van der Waals surface area contributed by atoms with Crippen LogP contribution < -0.4 is 4.74 Å². The van der Waals surface area contributed by atoms with E-state index in [0.717, 1.165) is 17.7 Å². The average Bonchev–Trinajstić information content (AvgIpc) is 2.83. The van der Waals surface area contributed by atoms with Crippen molar-refractivity contribution >= 4 is 11.8 Å². The zero-order valence-corrected chi connectivity index (χ0v) is 10.4. The van der Waals surface area contributed by atoms with Crippen LogP contribution in [0.15, 0.2) is 18.2 Å². The van der Waals surface area contributed by atoms with Crippen LogP contribution in [-0.2, 0) is 16.0 Å². The molecule has 0 saturated carbocycles. The Bertz CT molecular complexity index is 465. The fraction of sp³-hybridized carbons (Fsp3) is 0.429. The summed E-state index contributed by atoms with van der Waals surface area (Å²) in [6.45, 7) is 2.78. The smallest absolute Gasteiger partial charge is 0.306 e. The molecule has 0 atom stereocenters. The van der Waals surface area contributed by atoms with Crippen LogP contribution in [0.4, 0.5) is 0 Å². The molecule has 1 heterocycles. The number of carbonyl (C=O) groups excluding carboxylic acids is 2. The Morgan fingerprint density at radius 2 is 2.17 bits per heavy atom. The zero-order valence-electron chi connectivity index (χ0n) is 10.4. The van der Waals surface area contributed by atoms with Crippen molar-refractivity contribution in [1.82, 2.24) is 0 Å². The van der Waals surface area contributed by atoms with Crippen LogP contribution >= 0.6 is 0 Å². The Labute approximate surface area is 106 Å². The number of carbonyl (C=O) groups is 2. The van der Waals surface area contributed by atoms with Crippen molar-refractivity contribution in [2.24, 2.45) is 0 Å². The van der Waals surface area contributed by atoms with E-state index in [2.05, 4.69) is 0 Å². The summed E-state index contributed by atoms with van der Waals surface area (Å²) in [5.74, 6) is 0.505. The van der Waals surface area contributed by atoms with E-state index in [1.807, 2.05) is 12.1 Å². The standard InChI is InChI=1S/C14H16O4/c1-2-17-14(16)6-4-12(15)10-3-5-13-11(9-10)7-8-18-13/h3,5,9H,2,4,6-8H2,1H3. The van der Waals surface area contributed by atoms with Gasteiger partial charge in [-0.3, -0.25) is 9.59 Å². The van der Waals surface area contributed by atoms with Gasteiger partial charge in [0, 0.05) is 18.4 Å². The number of fused-ring (bicyclic) bond motifs is 1. The number of hydrogen-bond donors (Lipinski definition) is 0. The van der Waals surface area contributed by atoms with Gasteiger partial charge in [-0.25, -0.2) is 0 Å². The van der Waals surface area contributed by atoms with Crippen LogP contribution in [0.5, 0.6) is 5.75 Å². The van der Waals surface area contributed by atoms with Gasteiger partial charge in [0.2, 0.25) is 0 Å². The average molecular weight is 248 g/mol. The van der Waals surface area contributed by atoms with Crippen LogP contribution in [0.3, 0.4) is 0 Å². The normalized spacial score (nSPS) is 12.7. The van der Waals surface area contributed by atoms with Crippen molar-refractivity contribution in [2.45, 2.75) is 26.2 Å². The molecule has 2 rings (SSSR count). The molecule has 0 bridgehead atoms. The third-order valence-electron chi connectivity index (χ3n) is 2.87. The first kappa shape index (κ1) is 12.6. The maximum Gasteiger partial charge on any atom is 0.306 e. The molecule has 4 heteroatoms. The lowest BCUT2D eigenvalue weighted by molar-refractivity contribution is -0.143. The first-order valence-electron chi connectivity index (χ1n) is 6.15. The molecule has 1 aromatic carbocycles. The second-order valence-corrected chi connectivity index (χ2v) is 4.15. The number of benzene rings is 1. The Hall–Kier alpha value is -1.84. The minimum Gasteiger partial charge on any atom is -0.493 e. The van der Waals surface area contributed by atoms with E-state index in [0.29, 0.717) is 18.8 Å². The van der Waals surface area contributed by atoms with E-state index in [1.165, 1.54) is 0 Å². The summed E-state index contributed by atoms with van der Waals surface area (Å²) >= 11 is 0. The summed E-state index contributed by atoms with van der Waals surface area (Å²) in [6.07, 6.45) is 1.17. The number of ketones is 1. The summed E-state index contributed by atoms with van der Waals surface area (Å²) < 4.78 is 10.2. The van der Waals surface area contributed by atoms with Gasteiger partial charge in [0.15, 0.2) is 5.78 Å². The molecular weight excluding hydrogens is 232 g/mol. The fourth-order valence-electron chi connectivity index (χ4n) is 1.95. The van der Waals surface area contributed by atoms with Gasteiger partial charge in [-0.15, -0.1) is 0 Å². The van der Waals surface area contributed by atoms with Gasteiger partial charge in [0.1, 0.15) is 5.75 Å². The molecule has 1 aromatic rings. The van der Waals surface area contributed by atoms with Crippen molar-refractivity contribution in [1.29, 1.82) is 0 Å². The molecule has 96 valence electrons. The summed E-state index contributed by atoms with van der Waals surface area (Å²) in [4.78, 5) is 23.1. The Morgan fingerprint density at radius 1 is 1.33 bits per heavy atom. The molecular formula is C14H16O4. The van der Waals surface area contributed by atoms with Crippen LogP contribution in [0, 0.1) is 0 Å². The lowest BCUT2D eigenvalue weighted by Gasteiger charge is -2.04. The Morgan fingerprint density at radius 3 is 2.94 bits per heavy atom. The number of ether oxygens (including phenoxy) is 2. The van der Waals surface area contributed by atoms with Crippen LogP contribution in [0.25, 0.3) is 0 Å². The molecule has 0 aromatic heterocycles. The van der Waals surface area contributed by atoms with E-state index in [9.17, 15) is 9.59 Å². The van der Waals surface area contributed by atoms with Gasteiger partial charge in [-0.05, 0) is 30.7 Å². The highest BCUT2D eigenvalue weighted by atomic mass is 16.5. The molecule has 1 aliphatic rings. The zero-order chi connectivity index (χ0) is 13.0. The molecule has 0 spiro atoms. The number of hydrogen-bond acceptors (Lipinski definition) is 4. The monoisotopic (exact) mass is 248 g/mol. The third kappa shape index (κ3) is 2.88. The van der Waals surface area contributed by atoms with Gasteiger partial charge in [0.25, 0.3) is 0 Å². The molecule has 1 aliphatic heterocycles. The van der Waals surface area contributed by atoms with Crippen molar-refractivity contribution < 1.29 is 19.1 Å². The Balaban J connectivity index is 1.95. The molecule has 0 aliphatic carbocycles.